The summed E-state index contributed by atoms with van der Waals surface area (Å²) in [5.41, 5.74) is 5.03. The van der Waals surface area contributed by atoms with Crippen LogP contribution in [-0.2, 0) is 26.1 Å². The molecule has 0 radical (unpaired) electrons. The van der Waals surface area contributed by atoms with Gasteiger partial charge in [0, 0.05) is 30.5 Å². The molecule has 3 nitrogen and oxygen atoms in total. The zero-order valence-electron chi connectivity index (χ0n) is 18.2. The predicted octanol–water partition coefficient (Wildman–Crippen LogP) is 6.08. The van der Waals surface area contributed by atoms with E-state index in [0.717, 1.165) is 23.2 Å². The number of carbonyl (C=O) groups excluding carboxylic acids is 1. The summed E-state index contributed by atoms with van der Waals surface area (Å²) in [7, 11) is 0. The van der Waals surface area contributed by atoms with Gasteiger partial charge >= 0.3 is 0 Å². The third-order valence-corrected chi connectivity index (χ3v) is 5.66. The third kappa shape index (κ3) is 5.33. The maximum absolute atomic E-state index is 13.5. The maximum atomic E-state index is 13.5. The molecule has 0 aliphatic rings. The lowest BCUT2D eigenvalue weighted by molar-refractivity contribution is 0.0726. The Morgan fingerprint density at radius 3 is 2.16 bits per heavy atom. The third-order valence-electron chi connectivity index (χ3n) is 5.66. The van der Waals surface area contributed by atoms with Gasteiger partial charge in [0.05, 0.1) is 6.54 Å². The van der Waals surface area contributed by atoms with E-state index in [1.807, 2.05) is 77.8 Å². The second-order valence-corrected chi connectivity index (χ2v) is 7.95. The van der Waals surface area contributed by atoms with Crippen LogP contribution in [0.3, 0.4) is 0 Å². The van der Waals surface area contributed by atoms with Crippen molar-refractivity contribution in [2.24, 2.45) is 0 Å². The van der Waals surface area contributed by atoms with E-state index in [1.165, 1.54) is 17.7 Å². The summed E-state index contributed by atoms with van der Waals surface area (Å²) in [4.78, 5) is 15.3. The Morgan fingerprint density at radius 1 is 0.781 bits per heavy atom. The van der Waals surface area contributed by atoms with E-state index in [-0.39, 0.29) is 11.7 Å². The molecule has 0 saturated carbocycles. The first kappa shape index (κ1) is 21.6. The van der Waals surface area contributed by atoms with Gasteiger partial charge in [-0.2, -0.15) is 0 Å². The molecule has 1 aromatic heterocycles. The Kier molecular flexibility index (Phi) is 6.81. The number of benzene rings is 3. The Hall–Kier alpha value is -3.66. The molecule has 0 aliphatic heterocycles. The van der Waals surface area contributed by atoms with Crippen molar-refractivity contribution in [3.63, 3.8) is 0 Å². The zero-order valence-corrected chi connectivity index (χ0v) is 18.2. The molecule has 32 heavy (non-hydrogen) atoms. The summed E-state index contributed by atoms with van der Waals surface area (Å²) < 4.78 is 15.4. The SMILES string of the molecule is CCc1ccc(C(=O)N(Cc2ccccc2)Cc2cccn2Cc2ccc(F)cc2)cc1. The summed E-state index contributed by atoms with van der Waals surface area (Å²) >= 11 is 0. The van der Waals surface area contributed by atoms with Gasteiger partial charge in [-0.15, -0.1) is 0 Å². The number of amides is 1. The number of rotatable bonds is 8. The monoisotopic (exact) mass is 426 g/mol. The summed E-state index contributed by atoms with van der Waals surface area (Å²) in [5, 5.41) is 0. The average Bonchev–Trinajstić information content (AvgIpc) is 3.27. The van der Waals surface area contributed by atoms with Gasteiger partial charge in [-0.05, 0) is 59.5 Å². The van der Waals surface area contributed by atoms with Crippen molar-refractivity contribution in [2.75, 3.05) is 0 Å². The van der Waals surface area contributed by atoms with Gasteiger partial charge in [-0.1, -0.05) is 61.5 Å². The Bertz CT molecular complexity index is 1150. The highest BCUT2D eigenvalue weighted by atomic mass is 19.1. The predicted molar refractivity (Wildman–Crippen MR) is 126 cm³/mol. The standard InChI is InChI=1S/C28H27FN2O/c1-2-22-10-14-25(15-11-22)28(32)31(20-23-7-4-3-5-8-23)21-27-9-6-18-30(27)19-24-12-16-26(29)17-13-24/h3-18H,2,19-21H2,1H3. The lowest BCUT2D eigenvalue weighted by atomic mass is 10.1. The van der Waals surface area contributed by atoms with E-state index in [1.54, 1.807) is 12.1 Å². The van der Waals surface area contributed by atoms with Gasteiger partial charge in [0.15, 0.2) is 0 Å². The van der Waals surface area contributed by atoms with Crippen LogP contribution in [-0.4, -0.2) is 15.4 Å². The number of aromatic nitrogens is 1. The van der Waals surface area contributed by atoms with Crippen LogP contribution >= 0.6 is 0 Å². The highest BCUT2D eigenvalue weighted by molar-refractivity contribution is 5.94. The Labute approximate surface area is 188 Å². The number of aryl methyl sites for hydroxylation is 1. The molecular formula is C28H27FN2O. The molecular weight excluding hydrogens is 399 g/mol. The molecule has 4 heteroatoms. The highest BCUT2D eigenvalue weighted by Crippen LogP contribution is 2.17. The minimum absolute atomic E-state index is 0.00559. The van der Waals surface area contributed by atoms with E-state index >= 15 is 0 Å². The first-order valence-corrected chi connectivity index (χ1v) is 10.9. The van der Waals surface area contributed by atoms with E-state index in [9.17, 15) is 9.18 Å². The van der Waals surface area contributed by atoms with Crippen LogP contribution in [0.2, 0.25) is 0 Å². The molecule has 0 fully saturated rings. The Morgan fingerprint density at radius 2 is 1.47 bits per heavy atom. The first-order valence-electron chi connectivity index (χ1n) is 10.9. The normalized spacial score (nSPS) is 10.8. The maximum Gasteiger partial charge on any atom is 0.254 e. The van der Waals surface area contributed by atoms with Crippen molar-refractivity contribution in [3.8, 4) is 0 Å². The van der Waals surface area contributed by atoms with Crippen LogP contribution in [0.15, 0.2) is 97.2 Å². The number of halogens is 1. The fourth-order valence-electron chi connectivity index (χ4n) is 3.80. The largest absolute Gasteiger partial charge is 0.345 e. The van der Waals surface area contributed by atoms with Crippen LogP contribution in [0.25, 0.3) is 0 Å². The van der Waals surface area contributed by atoms with Gasteiger partial charge in [0.2, 0.25) is 0 Å². The number of hydrogen-bond acceptors (Lipinski definition) is 1. The van der Waals surface area contributed by atoms with E-state index in [4.69, 9.17) is 0 Å². The fourth-order valence-corrected chi connectivity index (χ4v) is 3.80. The minimum Gasteiger partial charge on any atom is -0.345 e. The molecule has 0 saturated heterocycles. The second-order valence-electron chi connectivity index (χ2n) is 7.95. The molecule has 0 aliphatic carbocycles. The van der Waals surface area contributed by atoms with Crippen molar-refractivity contribution in [3.05, 3.63) is 131 Å². The molecule has 1 amide bonds. The topological polar surface area (TPSA) is 25.2 Å². The molecule has 0 atom stereocenters. The van der Waals surface area contributed by atoms with Crippen LogP contribution in [0.5, 0.6) is 0 Å². The molecule has 0 unspecified atom stereocenters. The van der Waals surface area contributed by atoms with Crippen molar-refractivity contribution in [1.29, 1.82) is 0 Å². The van der Waals surface area contributed by atoms with Crippen LogP contribution in [0, 0.1) is 5.82 Å². The number of carbonyl (C=O) groups is 1. The molecule has 1 heterocycles. The van der Waals surface area contributed by atoms with Crippen molar-refractivity contribution < 1.29 is 9.18 Å². The van der Waals surface area contributed by atoms with Crippen molar-refractivity contribution >= 4 is 5.91 Å². The smallest absolute Gasteiger partial charge is 0.254 e. The Balaban J connectivity index is 1.58. The number of hydrogen-bond donors (Lipinski definition) is 0. The summed E-state index contributed by atoms with van der Waals surface area (Å²) in [6, 6.07) is 28.5. The van der Waals surface area contributed by atoms with Gasteiger partial charge in [-0.25, -0.2) is 4.39 Å². The summed E-state index contributed by atoms with van der Waals surface area (Å²) in [6.45, 7) is 3.74. The first-order chi connectivity index (χ1) is 15.6. The van der Waals surface area contributed by atoms with Gasteiger partial charge in [0.1, 0.15) is 5.82 Å². The van der Waals surface area contributed by atoms with Crippen LogP contribution < -0.4 is 0 Å². The lowest BCUT2D eigenvalue weighted by Gasteiger charge is -2.24. The molecule has 0 bridgehead atoms. The highest BCUT2D eigenvalue weighted by Gasteiger charge is 2.18. The van der Waals surface area contributed by atoms with Gasteiger partial charge in [0.25, 0.3) is 5.91 Å². The van der Waals surface area contributed by atoms with Gasteiger partial charge in [-0.3, -0.25) is 4.79 Å². The lowest BCUT2D eigenvalue weighted by Crippen LogP contribution is -2.31. The zero-order chi connectivity index (χ0) is 22.3. The minimum atomic E-state index is -0.241. The number of nitrogens with zero attached hydrogens (tertiary/aromatic N) is 2. The summed E-state index contributed by atoms with van der Waals surface area (Å²) in [6.07, 6.45) is 2.94. The average molecular weight is 427 g/mol. The summed E-state index contributed by atoms with van der Waals surface area (Å²) in [5.74, 6) is -0.235. The molecule has 162 valence electrons. The second kappa shape index (κ2) is 10.1. The molecule has 0 N–H and O–H groups in total. The van der Waals surface area contributed by atoms with Crippen molar-refractivity contribution in [1.82, 2.24) is 9.47 Å². The molecule has 0 spiro atoms. The van der Waals surface area contributed by atoms with E-state index in [0.29, 0.717) is 25.2 Å². The van der Waals surface area contributed by atoms with E-state index < -0.39 is 0 Å². The van der Waals surface area contributed by atoms with E-state index in [2.05, 4.69) is 11.5 Å². The fraction of sp³-hybridized carbons (Fsp3) is 0.179. The van der Waals surface area contributed by atoms with Gasteiger partial charge < -0.3 is 9.47 Å². The molecule has 3 aromatic carbocycles. The molecule has 4 rings (SSSR count). The quantitative estimate of drug-likeness (QED) is 0.335. The van der Waals surface area contributed by atoms with Crippen molar-refractivity contribution in [2.45, 2.75) is 33.0 Å². The molecule has 4 aromatic rings. The van der Waals surface area contributed by atoms with Crippen LogP contribution in [0.1, 0.15) is 39.7 Å². The van der Waals surface area contributed by atoms with Crippen LogP contribution in [0.4, 0.5) is 4.39 Å².